The molecule has 0 spiro atoms. The molecule has 2 saturated carbocycles. The van der Waals surface area contributed by atoms with Gasteiger partial charge in [-0.1, -0.05) is 30.1 Å². The summed E-state index contributed by atoms with van der Waals surface area (Å²) in [6, 6.07) is 3.49. The van der Waals surface area contributed by atoms with Crippen LogP contribution in [0, 0.1) is 17.6 Å². The van der Waals surface area contributed by atoms with Crippen LogP contribution in [-0.2, 0) is 14.3 Å². The monoisotopic (exact) mass is 918 g/mol. The van der Waals surface area contributed by atoms with Gasteiger partial charge in [-0.05, 0) is 82.8 Å². The first-order chi connectivity index (χ1) is 31.0. The number of rotatable bonds is 11. The number of carbonyl (C=O) groups excluding carboxylic acids is 2. The van der Waals surface area contributed by atoms with E-state index in [0.29, 0.717) is 63.6 Å². The molecule has 7 heterocycles. The highest BCUT2D eigenvalue weighted by molar-refractivity contribution is 6.31. The number of nitrogens with one attached hydrogen (secondary N) is 6. The van der Waals surface area contributed by atoms with Gasteiger partial charge in [-0.3, -0.25) is 9.59 Å². The molecular weight excluding hydrogens is 869 g/mol. The van der Waals surface area contributed by atoms with Gasteiger partial charge in [-0.15, -0.1) is 0 Å². The number of nitrogens with zero attached hydrogens (tertiary/aromatic N) is 6. The first-order valence-electron chi connectivity index (χ1n) is 21.7. The third kappa shape index (κ3) is 10.9. The molecule has 9 rings (SSSR count). The third-order valence-electron chi connectivity index (χ3n) is 11.9. The molecule has 6 aromatic rings. The first-order valence-corrected chi connectivity index (χ1v) is 22.4. The van der Waals surface area contributed by atoms with Crippen LogP contribution in [0.15, 0.2) is 49.3 Å². The largest absolute Gasteiger partial charge is 0.396 e. The van der Waals surface area contributed by atoms with Crippen molar-refractivity contribution >= 4 is 68.7 Å². The molecule has 2 aliphatic carbocycles. The maximum absolute atomic E-state index is 14.6. The van der Waals surface area contributed by atoms with Crippen molar-refractivity contribution in [1.29, 1.82) is 0 Å². The van der Waals surface area contributed by atoms with Crippen molar-refractivity contribution in [3.63, 3.8) is 0 Å². The number of amides is 2. The summed E-state index contributed by atoms with van der Waals surface area (Å²) in [5.41, 5.74) is 2.68. The van der Waals surface area contributed by atoms with Gasteiger partial charge in [-0.25, -0.2) is 38.7 Å². The molecule has 16 nitrogen and oxygen atoms in total. The summed E-state index contributed by atoms with van der Waals surface area (Å²) in [5.74, 6) is -0.712. The third-order valence-corrected chi connectivity index (χ3v) is 12.3. The molecular formula is C44H50Cl2F2N12O4. The number of hydrogen-bond donors (Lipinski definition) is 7. The highest BCUT2D eigenvalue weighted by atomic mass is 35.5. The molecule has 2 unspecified atom stereocenters. The highest BCUT2D eigenvalue weighted by Gasteiger charge is 2.29. The maximum Gasteiger partial charge on any atom is 0.249 e. The minimum atomic E-state index is -0.542. The first kappa shape index (κ1) is 45.0. The average molecular weight is 920 g/mol. The summed E-state index contributed by atoms with van der Waals surface area (Å²) in [5, 5.41) is 24.2. The van der Waals surface area contributed by atoms with Gasteiger partial charge in [0.05, 0.1) is 35.0 Å². The zero-order chi connectivity index (χ0) is 44.7. The van der Waals surface area contributed by atoms with Crippen LogP contribution in [0.3, 0.4) is 0 Å². The van der Waals surface area contributed by atoms with E-state index in [1.165, 1.54) is 6.20 Å². The molecule has 6 atom stereocenters. The van der Waals surface area contributed by atoms with E-state index in [0.717, 1.165) is 74.8 Å². The Morgan fingerprint density at radius 2 is 1.25 bits per heavy atom. The molecule has 7 N–H and O–H groups in total. The Morgan fingerprint density at radius 1 is 0.734 bits per heavy atom. The zero-order valence-corrected chi connectivity index (χ0v) is 36.7. The average Bonchev–Trinajstić information content (AvgIpc) is 3.92. The molecule has 6 aromatic heterocycles. The number of anilines is 2. The number of aromatic amines is 2. The van der Waals surface area contributed by atoms with E-state index in [1.807, 2.05) is 0 Å². The van der Waals surface area contributed by atoms with Crippen molar-refractivity contribution in [2.45, 2.75) is 108 Å². The summed E-state index contributed by atoms with van der Waals surface area (Å²) in [4.78, 5) is 56.4. The van der Waals surface area contributed by atoms with Crippen molar-refractivity contribution in [2.75, 3.05) is 23.8 Å². The topological polar surface area (TPSA) is 221 Å². The van der Waals surface area contributed by atoms with E-state index >= 15 is 0 Å². The van der Waals surface area contributed by atoms with Crippen molar-refractivity contribution in [1.82, 2.24) is 50.5 Å². The summed E-state index contributed by atoms with van der Waals surface area (Å²) in [6.45, 7) is 2.13. The van der Waals surface area contributed by atoms with Crippen LogP contribution in [0.4, 0.5) is 20.4 Å². The molecule has 20 heteroatoms. The molecule has 0 radical (unpaired) electrons. The van der Waals surface area contributed by atoms with E-state index in [-0.39, 0.29) is 60.3 Å². The zero-order valence-electron chi connectivity index (χ0n) is 35.1. The van der Waals surface area contributed by atoms with E-state index in [2.05, 4.69) is 61.1 Å². The van der Waals surface area contributed by atoms with E-state index < -0.39 is 17.6 Å². The number of carbonyl (C=O) groups is 2. The number of aliphatic hydroxyl groups excluding tert-OH is 1. The SMILES string of the molecule is CC(CO)C(=O)N[C@@H]1CCC[C@H](Nc2nc(-c3c[nH]c4ncc(Cl)cc34)ncc2F)C1.O=C(N[C@H]1CCC[C@@H](Nc2nc(-c3c[nH]c4ncc(Cl)cc34)ncc2F)C1)C1CCCCO1. The van der Waals surface area contributed by atoms with Crippen LogP contribution in [0.1, 0.15) is 77.6 Å². The van der Waals surface area contributed by atoms with Gasteiger partial charge < -0.3 is 41.1 Å². The Balaban J connectivity index is 0.000000175. The predicted octanol–water partition coefficient (Wildman–Crippen LogP) is 7.50. The summed E-state index contributed by atoms with van der Waals surface area (Å²) in [7, 11) is 0. The Kier molecular flexibility index (Phi) is 14.4. The molecule has 2 amide bonds. The minimum Gasteiger partial charge on any atom is -0.396 e. The number of aromatic nitrogens is 8. The fourth-order valence-electron chi connectivity index (χ4n) is 8.48. The van der Waals surface area contributed by atoms with Crippen molar-refractivity contribution in [3.8, 4) is 22.8 Å². The Bertz CT molecular complexity index is 2590. The lowest BCUT2D eigenvalue weighted by Gasteiger charge is -2.32. The van der Waals surface area contributed by atoms with Crippen LogP contribution in [0.25, 0.3) is 44.8 Å². The summed E-state index contributed by atoms with van der Waals surface area (Å²) >= 11 is 12.2. The highest BCUT2D eigenvalue weighted by Crippen LogP contribution is 2.31. The van der Waals surface area contributed by atoms with Crippen LogP contribution in [-0.4, -0.2) is 100 Å². The van der Waals surface area contributed by atoms with Gasteiger partial charge in [0.25, 0.3) is 0 Å². The quantitative estimate of drug-likeness (QED) is 0.0672. The number of halogens is 4. The van der Waals surface area contributed by atoms with Gasteiger partial charge in [0.2, 0.25) is 11.8 Å². The molecule has 0 bridgehead atoms. The molecule has 3 aliphatic rings. The fourth-order valence-corrected chi connectivity index (χ4v) is 8.80. The van der Waals surface area contributed by atoms with Crippen molar-refractivity contribution < 1.29 is 28.2 Å². The van der Waals surface area contributed by atoms with Gasteiger partial charge in [0.15, 0.2) is 34.9 Å². The van der Waals surface area contributed by atoms with Gasteiger partial charge in [0.1, 0.15) is 17.4 Å². The van der Waals surface area contributed by atoms with Crippen LogP contribution < -0.4 is 21.3 Å². The number of H-pyrrole nitrogens is 2. The molecule has 0 aromatic carbocycles. The molecule has 1 saturated heterocycles. The van der Waals surface area contributed by atoms with Gasteiger partial charge >= 0.3 is 0 Å². The smallest absolute Gasteiger partial charge is 0.249 e. The second-order valence-corrected chi connectivity index (χ2v) is 17.5. The normalized spacial score (nSPS) is 21.7. The lowest BCUT2D eigenvalue weighted by Crippen LogP contribution is -2.47. The van der Waals surface area contributed by atoms with Crippen molar-refractivity contribution in [3.05, 3.63) is 71.0 Å². The van der Waals surface area contributed by atoms with Crippen molar-refractivity contribution in [2.24, 2.45) is 5.92 Å². The number of fused-ring (bicyclic) bond motifs is 2. The standard InChI is InChI=1S/C23H26ClFN6O2.C21H24ClFN6O2/c24-13-8-16-17(11-27-20(16)26-10-13)21-28-12-18(25)22(31-21)29-14-4-3-5-15(9-14)30-23(32)19-6-1-2-7-33-19;1-11(10-30)21(31)28-14-4-2-3-13(6-14)27-20-17(23)9-26-19(29-20)16-8-25-18-15(16)5-12(22)7-24-18/h8,10-12,14-15,19H,1-7,9H2,(H,26,27)(H,30,32)(H,28,29,31);5,7-9,11,13-14,30H,2-4,6,10H2,1H3,(H,24,25)(H,28,31)(H,26,27,29)/t14-,15+,19?;11?,13-,14+/m10/s1. The van der Waals surface area contributed by atoms with E-state index in [4.69, 9.17) is 33.0 Å². The summed E-state index contributed by atoms with van der Waals surface area (Å²) < 4.78 is 34.7. The van der Waals surface area contributed by atoms with Crippen LogP contribution >= 0.6 is 23.2 Å². The van der Waals surface area contributed by atoms with E-state index in [9.17, 15) is 18.4 Å². The molecule has 3 fully saturated rings. The molecule has 64 heavy (non-hydrogen) atoms. The lowest BCUT2D eigenvalue weighted by molar-refractivity contribution is -0.136. The minimum absolute atomic E-state index is 0.00680. The lowest BCUT2D eigenvalue weighted by atomic mass is 9.90. The number of pyridine rings is 2. The number of hydrogen-bond acceptors (Lipinski definition) is 12. The Labute approximate surface area is 377 Å². The second-order valence-electron chi connectivity index (χ2n) is 16.7. The fraction of sp³-hybridized carbons (Fsp3) is 0.455. The van der Waals surface area contributed by atoms with Crippen LogP contribution in [0.2, 0.25) is 10.0 Å². The molecule has 1 aliphatic heterocycles. The second kappa shape index (κ2) is 20.5. The number of aliphatic hydroxyl groups is 1. The van der Waals surface area contributed by atoms with E-state index in [1.54, 1.807) is 43.8 Å². The van der Waals surface area contributed by atoms with Gasteiger partial charge in [0, 0.05) is 77.5 Å². The van der Waals surface area contributed by atoms with Crippen LogP contribution in [0.5, 0.6) is 0 Å². The predicted molar refractivity (Wildman–Crippen MR) is 240 cm³/mol. The maximum atomic E-state index is 14.6. The Morgan fingerprint density at radius 3 is 1.75 bits per heavy atom. The van der Waals surface area contributed by atoms with Gasteiger partial charge in [-0.2, -0.15) is 0 Å². The Hall–Kier alpha value is -5.56. The number of ether oxygens (including phenoxy) is 1. The summed E-state index contributed by atoms with van der Waals surface area (Å²) in [6.07, 6.45) is 17.9. The molecule has 338 valence electrons.